The van der Waals surface area contributed by atoms with E-state index in [9.17, 15) is 18.3 Å². The van der Waals surface area contributed by atoms with Crippen molar-refractivity contribution >= 4 is 0 Å². The number of alkyl halides is 3. The molecule has 0 amide bonds. The first kappa shape index (κ1) is 18.7. The number of aromatic nitrogens is 4. The standard InChI is InChI=1S/C20H15F3N4O2/c1-10-16(11(2)29-26-10)17-13(12-6-4-3-5-7-12)8-14(20(21,22)23)19(28)18(17)15-9-24-27-25-15/h3-9,28H,1-2H3,(H,24,25,27). The van der Waals surface area contributed by atoms with Crippen LogP contribution in [0.15, 0.2) is 47.1 Å². The number of aromatic amines is 1. The molecule has 0 aliphatic rings. The van der Waals surface area contributed by atoms with E-state index >= 15 is 0 Å². The van der Waals surface area contributed by atoms with Gasteiger partial charge in [0.1, 0.15) is 17.2 Å². The molecule has 0 spiro atoms. The molecule has 0 saturated carbocycles. The Labute approximate surface area is 163 Å². The van der Waals surface area contributed by atoms with Crippen molar-refractivity contribution in [1.82, 2.24) is 20.6 Å². The van der Waals surface area contributed by atoms with Crippen LogP contribution in [0.1, 0.15) is 17.0 Å². The molecule has 2 N–H and O–H groups in total. The first-order chi connectivity index (χ1) is 13.8. The summed E-state index contributed by atoms with van der Waals surface area (Å²) < 4.78 is 46.5. The van der Waals surface area contributed by atoms with Gasteiger partial charge >= 0.3 is 6.18 Å². The quantitative estimate of drug-likeness (QED) is 0.497. The van der Waals surface area contributed by atoms with Crippen molar-refractivity contribution in [2.75, 3.05) is 0 Å². The predicted molar refractivity (Wildman–Crippen MR) is 98.9 cm³/mol. The van der Waals surface area contributed by atoms with Crippen LogP contribution in [0.2, 0.25) is 0 Å². The minimum Gasteiger partial charge on any atom is -0.507 e. The first-order valence-corrected chi connectivity index (χ1v) is 8.61. The zero-order valence-electron chi connectivity index (χ0n) is 15.4. The first-order valence-electron chi connectivity index (χ1n) is 8.61. The second kappa shape index (κ2) is 6.77. The summed E-state index contributed by atoms with van der Waals surface area (Å²) in [6.07, 6.45) is -3.52. The molecule has 0 fully saturated rings. The summed E-state index contributed by atoms with van der Waals surface area (Å²) in [6.45, 7) is 3.34. The van der Waals surface area contributed by atoms with Crippen molar-refractivity contribution in [2.45, 2.75) is 20.0 Å². The van der Waals surface area contributed by atoms with Gasteiger partial charge < -0.3 is 9.63 Å². The van der Waals surface area contributed by atoms with Crippen molar-refractivity contribution in [2.24, 2.45) is 0 Å². The fourth-order valence-corrected chi connectivity index (χ4v) is 3.41. The molecule has 0 radical (unpaired) electrons. The van der Waals surface area contributed by atoms with E-state index in [2.05, 4.69) is 20.6 Å². The maximum atomic E-state index is 13.8. The Morgan fingerprint density at radius 3 is 2.31 bits per heavy atom. The van der Waals surface area contributed by atoms with Gasteiger partial charge in [0.15, 0.2) is 0 Å². The molecule has 0 aliphatic carbocycles. The van der Waals surface area contributed by atoms with Crippen LogP contribution in [0.25, 0.3) is 33.5 Å². The molecule has 2 heterocycles. The van der Waals surface area contributed by atoms with Crippen LogP contribution in [0.3, 0.4) is 0 Å². The van der Waals surface area contributed by atoms with E-state index in [0.29, 0.717) is 28.1 Å². The van der Waals surface area contributed by atoms with Crippen LogP contribution in [0.5, 0.6) is 5.75 Å². The van der Waals surface area contributed by atoms with E-state index in [0.717, 1.165) is 6.07 Å². The van der Waals surface area contributed by atoms with Crippen LogP contribution in [0, 0.1) is 13.8 Å². The zero-order chi connectivity index (χ0) is 20.8. The van der Waals surface area contributed by atoms with Crippen LogP contribution in [-0.2, 0) is 6.18 Å². The Hall–Kier alpha value is -3.62. The number of halogens is 3. The lowest BCUT2D eigenvalue weighted by molar-refractivity contribution is -0.138. The molecule has 2 aromatic heterocycles. The van der Waals surface area contributed by atoms with E-state index in [-0.39, 0.29) is 16.8 Å². The molecule has 4 aromatic rings. The lowest BCUT2D eigenvalue weighted by Crippen LogP contribution is -2.08. The van der Waals surface area contributed by atoms with E-state index in [4.69, 9.17) is 4.52 Å². The van der Waals surface area contributed by atoms with Gasteiger partial charge in [-0.1, -0.05) is 35.5 Å². The van der Waals surface area contributed by atoms with Crippen molar-refractivity contribution in [3.05, 3.63) is 59.6 Å². The molecule has 29 heavy (non-hydrogen) atoms. The van der Waals surface area contributed by atoms with Crippen molar-refractivity contribution in [3.63, 3.8) is 0 Å². The minimum absolute atomic E-state index is 0.0702. The summed E-state index contributed by atoms with van der Waals surface area (Å²) >= 11 is 0. The molecule has 0 bridgehead atoms. The van der Waals surface area contributed by atoms with Crippen molar-refractivity contribution in [1.29, 1.82) is 0 Å². The van der Waals surface area contributed by atoms with Gasteiger partial charge in [0, 0.05) is 11.1 Å². The SMILES string of the molecule is Cc1noc(C)c1-c1c(-c2ccccc2)cc(C(F)(F)F)c(O)c1-c1cn[nH]n1. The van der Waals surface area contributed by atoms with E-state index in [1.807, 2.05) is 0 Å². The van der Waals surface area contributed by atoms with Gasteiger partial charge in [0.2, 0.25) is 0 Å². The number of hydrogen-bond donors (Lipinski definition) is 2. The second-order valence-corrected chi connectivity index (χ2v) is 6.49. The van der Waals surface area contributed by atoms with Gasteiger partial charge in [-0.05, 0) is 31.0 Å². The van der Waals surface area contributed by atoms with Gasteiger partial charge in [-0.15, -0.1) is 0 Å². The van der Waals surface area contributed by atoms with Gasteiger partial charge in [0.05, 0.1) is 23.0 Å². The molecule has 0 aliphatic heterocycles. The molecule has 148 valence electrons. The average Bonchev–Trinajstić information content (AvgIpc) is 3.31. The number of hydrogen-bond acceptors (Lipinski definition) is 5. The maximum absolute atomic E-state index is 13.8. The summed E-state index contributed by atoms with van der Waals surface area (Å²) in [5.41, 5.74) is 0.926. The molecule has 0 saturated heterocycles. The highest BCUT2D eigenvalue weighted by Gasteiger charge is 2.38. The number of nitrogens with zero attached hydrogens (tertiary/aromatic N) is 3. The van der Waals surface area contributed by atoms with Gasteiger partial charge in [0.25, 0.3) is 0 Å². The number of rotatable bonds is 3. The second-order valence-electron chi connectivity index (χ2n) is 6.49. The summed E-state index contributed by atoms with van der Waals surface area (Å²) in [7, 11) is 0. The molecule has 0 unspecified atom stereocenters. The molecular weight excluding hydrogens is 385 g/mol. The highest BCUT2D eigenvalue weighted by atomic mass is 19.4. The highest BCUT2D eigenvalue weighted by molar-refractivity contribution is 5.98. The monoisotopic (exact) mass is 400 g/mol. The third-order valence-electron chi connectivity index (χ3n) is 4.64. The van der Waals surface area contributed by atoms with Gasteiger partial charge in [-0.2, -0.15) is 28.6 Å². The third-order valence-corrected chi connectivity index (χ3v) is 4.64. The van der Waals surface area contributed by atoms with E-state index in [1.54, 1.807) is 44.2 Å². The number of H-pyrrole nitrogens is 1. The summed E-state index contributed by atoms with van der Waals surface area (Å²) in [5, 5.41) is 24.6. The molecule has 9 heteroatoms. The van der Waals surface area contributed by atoms with Crippen LogP contribution in [-0.4, -0.2) is 25.7 Å². The Balaban J connectivity index is 2.21. The number of aromatic hydroxyl groups is 1. The summed E-state index contributed by atoms with van der Waals surface area (Å²) in [4.78, 5) is 0. The number of nitrogens with one attached hydrogen (secondary N) is 1. The molecule has 2 aromatic carbocycles. The molecule has 4 rings (SSSR count). The van der Waals surface area contributed by atoms with Crippen molar-refractivity contribution in [3.8, 4) is 39.3 Å². The highest BCUT2D eigenvalue weighted by Crippen LogP contribution is 2.51. The van der Waals surface area contributed by atoms with Gasteiger partial charge in [-0.3, -0.25) is 0 Å². The maximum Gasteiger partial charge on any atom is 0.420 e. The topological polar surface area (TPSA) is 87.8 Å². The number of benzene rings is 2. The van der Waals surface area contributed by atoms with E-state index < -0.39 is 17.5 Å². The van der Waals surface area contributed by atoms with Crippen molar-refractivity contribution < 1.29 is 22.8 Å². The lowest BCUT2D eigenvalue weighted by Gasteiger charge is -2.20. The lowest BCUT2D eigenvalue weighted by atomic mass is 9.86. The van der Waals surface area contributed by atoms with Crippen LogP contribution < -0.4 is 0 Å². The largest absolute Gasteiger partial charge is 0.507 e. The fourth-order valence-electron chi connectivity index (χ4n) is 3.41. The smallest absolute Gasteiger partial charge is 0.420 e. The molecule has 0 atom stereocenters. The average molecular weight is 400 g/mol. The normalized spacial score (nSPS) is 11.8. The zero-order valence-corrected chi connectivity index (χ0v) is 15.4. The molecular formula is C20H15F3N4O2. The Bertz CT molecular complexity index is 1150. The fraction of sp³-hybridized carbons (Fsp3) is 0.150. The van der Waals surface area contributed by atoms with Crippen LogP contribution >= 0.6 is 0 Å². The van der Waals surface area contributed by atoms with Gasteiger partial charge in [-0.25, -0.2) is 0 Å². The number of phenolic OH excluding ortho intramolecular Hbond substituents is 1. The van der Waals surface area contributed by atoms with Crippen LogP contribution in [0.4, 0.5) is 13.2 Å². The summed E-state index contributed by atoms with van der Waals surface area (Å²) in [5.74, 6) is -0.523. The molecule has 6 nitrogen and oxygen atoms in total. The predicted octanol–water partition coefficient (Wildman–Crippen LogP) is 5.13. The number of aryl methyl sites for hydroxylation is 2. The number of phenols is 1. The Morgan fingerprint density at radius 2 is 1.76 bits per heavy atom. The summed E-state index contributed by atoms with van der Waals surface area (Å²) in [6, 6.07) is 9.55. The third kappa shape index (κ3) is 3.14. The Kier molecular flexibility index (Phi) is 4.37. The van der Waals surface area contributed by atoms with E-state index in [1.165, 1.54) is 6.20 Å². The minimum atomic E-state index is -4.77. The Morgan fingerprint density at radius 1 is 1.03 bits per heavy atom.